The van der Waals surface area contributed by atoms with Gasteiger partial charge in [0.15, 0.2) is 0 Å². The molecule has 0 N–H and O–H groups in total. The van der Waals surface area contributed by atoms with Crippen molar-refractivity contribution in [3.63, 3.8) is 0 Å². The van der Waals surface area contributed by atoms with Crippen molar-refractivity contribution in [3.05, 3.63) is 54.9 Å². The molecule has 0 spiro atoms. The summed E-state index contributed by atoms with van der Waals surface area (Å²) in [6, 6.07) is 14.2. The average Bonchev–Trinajstić information content (AvgIpc) is 2.82. The van der Waals surface area contributed by atoms with Crippen molar-refractivity contribution in [2.24, 2.45) is 0 Å². The van der Waals surface area contributed by atoms with Crippen LogP contribution < -0.4 is 5.46 Å². The van der Waals surface area contributed by atoms with Crippen molar-refractivity contribution in [1.29, 1.82) is 0 Å². The van der Waals surface area contributed by atoms with Gasteiger partial charge in [-0.3, -0.25) is 4.98 Å². The summed E-state index contributed by atoms with van der Waals surface area (Å²) in [5.74, 6) is 0. The van der Waals surface area contributed by atoms with Gasteiger partial charge in [0.05, 0.1) is 22.4 Å². The van der Waals surface area contributed by atoms with Gasteiger partial charge in [0.2, 0.25) is 0 Å². The molecule has 1 aliphatic heterocycles. The number of benzene rings is 1. The summed E-state index contributed by atoms with van der Waals surface area (Å²) < 4.78 is 12.3. The van der Waals surface area contributed by atoms with Gasteiger partial charge < -0.3 is 9.31 Å². The Morgan fingerprint density at radius 2 is 1.48 bits per heavy atom. The van der Waals surface area contributed by atoms with E-state index in [4.69, 9.17) is 14.3 Å². The highest BCUT2D eigenvalue weighted by Crippen LogP contribution is 2.36. The van der Waals surface area contributed by atoms with E-state index in [0.717, 1.165) is 27.6 Å². The normalized spacial score (nSPS) is 18.6. The van der Waals surface area contributed by atoms with E-state index >= 15 is 0 Å². The summed E-state index contributed by atoms with van der Waals surface area (Å²) in [5, 5.41) is 1.10. The number of fused-ring (bicyclic) bond motifs is 1. The lowest BCUT2D eigenvalue weighted by molar-refractivity contribution is 0.00578. The van der Waals surface area contributed by atoms with Gasteiger partial charge in [-0.1, -0.05) is 18.2 Å². The fraction of sp³-hybridized carbons (Fsp3) is 0.300. The number of nitrogens with zero attached hydrogens (tertiary/aromatic N) is 2. The standard InChI is InChI=1S/C20H21BN2O2/c1-19(2)20(3,4)25-21(24-19)16-7-5-14-6-8-17(23-18(14)13-16)15-9-11-22-12-10-15/h5-13H,1-4H3. The Morgan fingerprint density at radius 1 is 0.840 bits per heavy atom. The van der Waals surface area contributed by atoms with E-state index in [9.17, 15) is 0 Å². The average molecular weight is 332 g/mol. The molecule has 0 saturated carbocycles. The van der Waals surface area contributed by atoms with Crippen LogP contribution in [-0.2, 0) is 9.31 Å². The van der Waals surface area contributed by atoms with Crippen LogP contribution in [0.3, 0.4) is 0 Å². The van der Waals surface area contributed by atoms with E-state index < -0.39 is 0 Å². The molecule has 0 aliphatic carbocycles. The SMILES string of the molecule is CC1(C)OB(c2ccc3ccc(-c4ccncc4)nc3c2)OC1(C)C. The molecular weight excluding hydrogens is 311 g/mol. The molecule has 1 aliphatic rings. The minimum Gasteiger partial charge on any atom is -0.399 e. The Balaban J connectivity index is 1.73. The van der Waals surface area contributed by atoms with Crippen molar-refractivity contribution < 1.29 is 9.31 Å². The van der Waals surface area contributed by atoms with Gasteiger partial charge in [-0.05, 0) is 57.4 Å². The van der Waals surface area contributed by atoms with E-state index in [1.165, 1.54) is 0 Å². The molecule has 25 heavy (non-hydrogen) atoms. The van der Waals surface area contributed by atoms with E-state index in [1.54, 1.807) is 12.4 Å². The lowest BCUT2D eigenvalue weighted by atomic mass is 9.78. The van der Waals surface area contributed by atoms with Crippen LogP contribution in [0.4, 0.5) is 0 Å². The van der Waals surface area contributed by atoms with Crippen molar-refractivity contribution in [1.82, 2.24) is 9.97 Å². The van der Waals surface area contributed by atoms with Crippen LogP contribution in [-0.4, -0.2) is 28.3 Å². The number of hydrogen-bond acceptors (Lipinski definition) is 4. The van der Waals surface area contributed by atoms with Crippen molar-refractivity contribution in [2.45, 2.75) is 38.9 Å². The highest BCUT2D eigenvalue weighted by atomic mass is 16.7. The molecule has 1 aromatic carbocycles. The maximum absolute atomic E-state index is 6.16. The Labute approximate surface area is 148 Å². The molecule has 0 atom stereocenters. The predicted molar refractivity (Wildman–Crippen MR) is 101 cm³/mol. The van der Waals surface area contributed by atoms with Crippen molar-refractivity contribution in [3.8, 4) is 11.3 Å². The Kier molecular flexibility index (Phi) is 3.67. The maximum atomic E-state index is 6.16. The third-order valence-corrected chi connectivity index (χ3v) is 5.22. The number of aromatic nitrogens is 2. The van der Waals surface area contributed by atoms with Crippen LogP contribution in [0.25, 0.3) is 22.2 Å². The lowest BCUT2D eigenvalue weighted by Gasteiger charge is -2.32. The maximum Gasteiger partial charge on any atom is 0.494 e. The van der Waals surface area contributed by atoms with Crippen LogP contribution in [0, 0.1) is 0 Å². The van der Waals surface area contributed by atoms with Gasteiger partial charge in [-0.2, -0.15) is 0 Å². The van der Waals surface area contributed by atoms with Crippen LogP contribution in [0.15, 0.2) is 54.9 Å². The molecule has 0 radical (unpaired) electrons. The summed E-state index contributed by atoms with van der Waals surface area (Å²) in [6.45, 7) is 8.25. The second-order valence-electron chi connectivity index (χ2n) is 7.47. The van der Waals surface area contributed by atoms with Crippen LogP contribution in [0.2, 0.25) is 0 Å². The molecule has 3 heterocycles. The fourth-order valence-corrected chi connectivity index (χ4v) is 2.94. The highest BCUT2D eigenvalue weighted by Gasteiger charge is 2.51. The molecule has 126 valence electrons. The van der Waals surface area contributed by atoms with E-state index in [1.807, 2.05) is 18.2 Å². The molecule has 4 rings (SSSR count). The first-order valence-electron chi connectivity index (χ1n) is 8.52. The zero-order chi connectivity index (χ0) is 17.7. The minimum atomic E-state index is -0.374. The third kappa shape index (κ3) is 2.83. The van der Waals surface area contributed by atoms with Gasteiger partial charge in [0.25, 0.3) is 0 Å². The fourth-order valence-electron chi connectivity index (χ4n) is 2.94. The quantitative estimate of drug-likeness (QED) is 0.673. The molecule has 0 unspecified atom stereocenters. The summed E-state index contributed by atoms with van der Waals surface area (Å²) in [6.07, 6.45) is 3.56. The molecule has 4 nitrogen and oxygen atoms in total. The first kappa shape index (κ1) is 16.2. The number of pyridine rings is 2. The highest BCUT2D eigenvalue weighted by molar-refractivity contribution is 6.62. The Morgan fingerprint density at radius 3 is 2.16 bits per heavy atom. The summed E-state index contributed by atoms with van der Waals surface area (Å²) >= 11 is 0. The van der Waals surface area contributed by atoms with Gasteiger partial charge in [0, 0.05) is 23.3 Å². The van der Waals surface area contributed by atoms with Gasteiger partial charge >= 0.3 is 7.12 Å². The first-order valence-corrected chi connectivity index (χ1v) is 8.52. The predicted octanol–water partition coefficient (Wildman–Crippen LogP) is 3.60. The molecule has 0 amide bonds. The topological polar surface area (TPSA) is 44.2 Å². The first-order chi connectivity index (χ1) is 11.9. The zero-order valence-electron chi connectivity index (χ0n) is 15.0. The summed E-state index contributed by atoms with van der Waals surface area (Å²) in [7, 11) is -0.374. The van der Waals surface area contributed by atoms with Gasteiger partial charge in [0.1, 0.15) is 0 Å². The van der Waals surface area contributed by atoms with Crippen LogP contribution >= 0.6 is 0 Å². The second kappa shape index (κ2) is 5.65. The third-order valence-electron chi connectivity index (χ3n) is 5.22. The molecule has 1 fully saturated rings. The lowest BCUT2D eigenvalue weighted by Crippen LogP contribution is -2.41. The number of rotatable bonds is 2. The van der Waals surface area contributed by atoms with Gasteiger partial charge in [-0.15, -0.1) is 0 Å². The van der Waals surface area contributed by atoms with E-state index in [-0.39, 0.29) is 18.3 Å². The second-order valence-corrected chi connectivity index (χ2v) is 7.47. The molecular formula is C20H21BN2O2. The van der Waals surface area contributed by atoms with E-state index in [2.05, 4.69) is 56.9 Å². The van der Waals surface area contributed by atoms with Crippen molar-refractivity contribution in [2.75, 3.05) is 0 Å². The Hall–Kier alpha value is -2.24. The summed E-state index contributed by atoms with van der Waals surface area (Å²) in [5.41, 5.74) is 3.21. The largest absolute Gasteiger partial charge is 0.494 e. The van der Waals surface area contributed by atoms with Crippen molar-refractivity contribution >= 4 is 23.5 Å². The molecule has 2 aromatic heterocycles. The molecule has 1 saturated heterocycles. The zero-order valence-corrected chi connectivity index (χ0v) is 15.0. The van der Waals surface area contributed by atoms with Crippen LogP contribution in [0.1, 0.15) is 27.7 Å². The summed E-state index contributed by atoms with van der Waals surface area (Å²) in [4.78, 5) is 8.88. The molecule has 0 bridgehead atoms. The number of hydrogen-bond donors (Lipinski definition) is 0. The molecule has 3 aromatic rings. The van der Waals surface area contributed by atoms with Gasteiger partial charge in [-0.25, -0.2) is 4.98 Å². The Bertz CT molecular complexity index is 909. The minimum absolute atomic E-state index is 0.348. The monoisotopic (exact) mass is 332 g/mol. The van der Waals surface area contributed by atoms with Crippen LogP contribution in [0.5, 0.6) is 0 Å². The molecule has 5 heteroatoms. The smallest absolute Gasteiger partial charge is 0.399 e. The van der Waals surface area contributed by atoms with E-state index in [0.29, 0.717) is 0 Å².